The maximum absolute atomic E-state index is 3.57. The average Bonchev–Trinajstić information content (AvgIpc) is 3.05. The summed E-state index contributed by atoms with van der Waals surface area (Å²) in [5, 5.41) is 6.97. The number of hydrogen-bond donors (Lipinski definition) is 2. The van der Waals surface area contributed by atoms with Gasteiger partial charge in [-0.15, -0.1) is 11.3 Å². The van der Waals surface area contributed by atoms with Gasteiger partial charge in [0.15, 0.2) is 0 Å². The van der Waals surface area contributed by atoms with Gasteiger partial charge in [-0.3, -0.25) is 0 Å². The first-order chi connectivity index (χ1) is 8.84. The zero-order valence-electron chi connectivity index (χ0n) is 10.3. The Labute approximate surface area is 111 Å². The Kier molecular flexibility index (Phi) is 3.17. The Hall–Kier alpha value is -1.58. The molecule has 18 heavy (non-hydrogen) atoms. The maximum atomic E-state index is 3.57. The summed E-state index contributed by atoms with van der Waals surface area (Å²) in [6, 6.07) is 13.2. The molecule has 3 aromatic rings. The van der Waals surface area contributed by atoms with E-state index in [0.29, 0.717) is 6.04 Å². The molecular weight excluding hydrogens is 240 g/mol. The lowest BCUT2D eigenvalue weighted by Gasteiger charge is -2.12. The highest BCUT2D eigenvalue weighted by Crippen LogP contribution is 2.20. The predicted molar refractivity (Wildman–Crippen MR) is 77.9 cm³/mol. The lowest BCUT2D eigenvalue weighted by Crippen LogP contribution is -2.17. The van der Waals surface area contributed by atoms with Crippen molar-refractivity contribution in [3.63, 3.8) is 0 Å². The van der Waals surface area contributed by atoms with Gasteiger partial charge in [0.05, 0.1) is 0 Å². The molecule has 0 saturated heterocycles. The second kappa shape index (κ2) is 4.96. The topological polar surface area (TPSA) is 27.8 Å². The van der Waals surface area contributed by atoms with Gasteiger partial charge in [0.1, 0.15) is 0 Å². The van der Waals surface area contributed by atoms with E-state index in [2.05, 4.69) is 59.0 Å². The van der Waals surface area contributed by atoms with Crippen molar-refractivity contribution in [1.29, 1.82) is 0 Å². The molecule has 1 aromatic carbocycles. The molecule has 3 rings (SSSR count). The van der Waals surface area contributed by atoms with Crippen LogP contribution in [-0.4, -0.2) is 4.98 Å². The molecule has 0 radical (unpaired) electrons. The molecule has 0 unspecified atom stereocenters. The van der Waals surface area contributed by atoms with Gasteiger partial charge in [0.25, 0.3) is 0 Å². The number of hydrogen-bond acceptors (Lipinski definition) is 2. The summed E-state index contributed by atoms with van der Waals surface area (Å²) in [6.45, 7) is 3.09. The molecule has 0 aliphatic rings. The maximum Gasteiger partial charge on any atom is 0.0499 e. The molecule has 0 aliphatic heterocycles. The molecule has 0 fully saturated rings. The average molecular weight is 256 g/mol. The standard InChI is InChI=1S/C15H16N2S/c1-11(14-6-3-9-18-14)17-10-13-5-2-4-12-7-8-16-15(12)13/h2-9,11,16-17H,10H2,1H3/t11-/m0/s1. The molecule has 2 nitrogen and oxygen atoms in total. The second-order valence-corrected chi connectivity index (χ2v) is 5.46. The van der Waals surface area contributed by atoms with Gasteiger partial charge >= 0.3 is 0 Å². The number of H-pyrrole nitrogens is 1. The van der Waals surface area contributed by atoms with E-state index in [1.165, 1.54) is 21.3 Å². The summed E-state index contributed by atoms with van der Waals surface area (Å²) in [6.07, 6.45) is 2.00. The van der Waals surface area contributed by atoms with Gasteiger partial charge in [0, 0.05) is 29.2 Å². The van der Waals surface area contributed by atoms with Crippen molar-refractivity contribution in [2.45, 2.75) is 19.5 Å². The summed E-state index contributed by atoms with van der Waals surface area (Å²) in [4.78, 5) is 4.69. The fourth-order valence-electron chi connectivity index (χ4n) is 2.20. The number of nitrogens with one attached hydrogen (secondary N) is 2. The van der Waals surface area contributed by atoms with Crippen LogP contribution in [0.5, 0.6) is 0 Å². The van der Waals surface area contributed by atoms with Crippen LogP contribution in [0.1, 0.15) is 23.4 Å². The molecular formula is C15H16N2S. The third kappa shape index (κ3) is 2.19. The fourth-order valence-corrected chi connectivity index (χ4v) is 2.96. The summed E-state index contributed by atoms with van der Waals surface area (Å²) in [5.41, 5.74) is 2.56. The molecule has 0 bridgehead atoms. The first-order valence-electron chi connectivity index (χ1n) is 6.16. The zero-order valence-corrected chi connectivity index (χ0v) is 11.1. The van der Waals surface area contributed by atoms with Crippen LogP contribution >= 0.6 is 11.3 Å². The van der Waals surface area contributed by atoms with E-state index in [4.69, 9.17) is 0 Å². The minimum absolute atomic E-state index is 0.398. The molecule has 0 saturated carbocycles. The zero-order chi connectivity index (χ0) is 12.4. The minimum atomic E-state index is 0.398. The molecule has 2 heterocycles. The largest absolute Gasteiger partial charge is 0.361 e. The first-order valence-corrected chi connectivity index (χ1v) is 7.04. The van der Waals surface area contributed by atoms with E-state index in [9.17, 15) is 0 Å². The van der Waals surface area contributed by atoms with E-state index in [1.54, 1.807) is 11.3 Å². The Morgan fingerprint density at radius 1 is 1.22 bits per heavy atom. The number of benzene rings is 1. The van der Waals surface area contributed by atoms with E-state index in [-0.39, 0.29) is 0 Å². The van der Waals surface area contributed by atoms with Crippen LogP contribution in [0.2, 0.25) is 0 Å². The number of thiophene rings is 1. The van der Waals surface area contributed by atoms with Gasteiger partial charge in [0.2, 0.25) is 0 Å². The molecule has 1 atom stereocenters. The Morgan fingerprint density at radius 3 is 3.00 bits per heavy atom. The van der Waals surface area contributed by atoms with Crippen molar-refractivity contribution in [2.24, 2.45) is 0 Å². The number of para-hydroxylation sites is 1. The van der Waals surface area contributed by atoms with Crippen LogP contribution in [0.4, 0.5) is 0 Å². The molecule has 0 spiro atoms. The smallest absolute Gasteiger partial charge is 0.0499 e. The summed E-state index contributed by atoms with van der Waals surface area (Å²) < 4.78 is 0. The highest BCUT2D eigenvalue weighted by atomic mass is 32.1. The van der Waals surface area contributed by atoms with Crippen LogP contribution < -0.4 is 5.32 Å². The minimum Gasteiger partial charge on any atom is -0.361 e. The molecule has 92 valence electrons. The SMILES string of the molecule is C[C@H](NCc1cccc2cc[nH]c12)c1cccs1. The Bertz CT molecular complexity index is 625. The van der Waals surface area contributed by atoms with Crippen molar-refractivity contribution in [1.82, 2.24) is 10.3 Å². The second-order valence-electron chi connectivity index (χ2n) is 4.48. The van der Waals surface area contributed by atoms with Crippen molar-refractivity contribution >= 4 is 22.2 Å². The molecule has 3 heteroatoms. The fraction of sp³-hybridized carbons (Fsp3) is 0.200. The van der Waals surface area contributed by atoms with E-state index in [0.717, 1.165) is 6.54 Å². The van der Waals surface area contributed by atoms with E-state index in [1.807, 2.05) is 6.20 Å². The summed E-state index contributed by atoms with van der Waals surface area (Å²) in [7, 11) is 0. The van der Waals surface area contributed by atoms with Crippen molar-refractivity contribution in [3.8, 4) is 0 Å². The van der Waals surface area contributed by atoms with Gasteiger partial charge in [-0.05, 0) is 35.4 Å². The van der Waals surface area contributed by atoms with Gasteiger partial charge in [-0.25, -0.2) is 0 Å². The third-order valence-electron chi connectivity index (χ3n) is 3.24. The van der Waals surface area contributed by atoms with Crippen LogP contribution in [0, 0.1) is 0 Å². The molecule has 0 amide bonds. The van der Waals surface area contributed by atoms with E-state index >= 15 is 0 Å². The number of aromatic amines is 1. The highest BCUT2D eigenvalue weighted by molar-refractivity contribution is 7.10. The van der Waals surface area contributed by atoms with Crippen LogP contribution in [0.15, 0.2) is 48.0 Å². The predicted octanol–water partition coefficient (Wildman–Crippen LogP) is 4.08. The van der Waals surface area contributed by atoms with Gasteiger partial charge in [-0.1, -0.05) is 24.3 Å². The molecule has 0 aliphatic carbocycles. The van der Waals surface area contributed by atoms with Crippen LogP contribution in [-0.2, 0) is 6.54 Å². The third-order valence-corrected chi connectivity index (χ3v) is 4.30. The quantitative estimate of drug-likeness (QED) is 0.723. The van der Waals surface area contributed by atoms with Crippen molar-refractivity contribution in [2.75, 3.05) is 0 Å². The van der Waals surface area contributed by atoms with Gasteiger partial charge < -0.3 is 10.3 Å². The van der Waals surface area contributed by atoms with Crippen molar-refractivity contribution in [3.05, 3.63) is 58.4 Å². The van der Waals surface area contributed by atoms with Crippen LogP contribution in [0.3, 0.4) is 0 Å². The highest BCUT2D eigenvalue weighted by Gasteiger charge is 2.07. The number of fused-ring (bicyclic) bond motifs is 1. The molecule has 2 aromatic heterocycles. The monoisotopic (exact) mass is 256 g/mol. The summed E-state index contributed by atoms with van der Waals surface area (Å²) in [5.74, 6) is 0. The lowest BCUT2D eigenvalue weighted by molar-refractivity contribution is 0.584. The van der Waals surface area contributed by atoms with Gasteiger partial charge in [-0.2, -0.15) is 0 Å². The molecule has 2 N–H and O–H groups in total. The Morgan fingerprint density at radius 2 is 2.17 bits per heavy atom. The van der Waals surface area contributed by atoms with Crippen LogP contribution in [0.25, 0.3) is 10.9 Å². The van der Waals surface area contributed by atoms with Crippen molar-refractivity contribution < 1.29 is 0 Å². The summed E-state index contributed by atoms with van der Waals surface area (Å²) >= 11 is 1.80. The normalized spacial score (nSPS) is 12.9. The first kappa shape index (κ1) is 11.5. The van der Waals surface area contributed by atoms with E-state index < -0.39 is 0 Å². The number of rotatable bonds is 4. The lowest BCUT2D eigenvalue weighted by atomic mass is 10.1. The Balaban J connectivity index is 1.75. The number of aromatic nitrogens is 1.